The third kappa shape index (κ3) is 2.58. The van der Waals surface area contributed by atoms with Gasteiger partial charge in [0.1, 0.15) is 6.33 Å². The van der Waals surface area contributed by atoms with Crippen LogP contribution in [0, 0.1) is 6.92 Å². The zero-order valence-corrected chi connectivity index (χ0v) is 11.2. The molecule has 1 aromatic carbocycles. The summed E-state index contributed by atoms with van der Waals surface area (Å²) in [5.74, 6) is 0. The Morgan fingerprint density at radius 1 is 1.37 bits per heavy atom. The van der Waals surface area contributed by atoms with Crippen molar-refractivity contribution in [2.24, 2.45) is 0 Å². The molecule has 1 saturated heterocycles. The van der Waals surface area contributed by atoms with Gasteiger partial charge in [-0.05, 0) is 55.1 Å². The van der Waals surface area contributed by atoms with Crippen molar-refractivity contribution in [3.8, 4) is 5.69 Å². The van der Waals surface area contributed by atoms with Crippen LogP contribution in [0.2, 0.25) is 0 Å². The molecule has 0 saturated carbocycles. The first-order chi connectivity index (χ1) is 9.22. The molecule has 0 bridgehead atoms. The maximum Gasteiger partial charge on any atom is 0.143 e. The summed E-state index contributed by atoms with van der Waals surface area (Å²) in [6.45, 7) is 4.36. The predicted octanol–water partition coefficient (Wildman–Crippen LogP) is 1.09. The number of aromatic nitrogens is 4. The van der Waals surface area contributed by atoms with Gasteiger partial charge in [0.15, 0.2) is 0 Å². The van der Waals surface area contributed by atoms with Gasteiger partial charge in [0.25, 0.3) is 0 Å². The van der Waals surface area contributed by atoms with Crippen molar-refractivity contribution in [3.05, 3.63) is 30.1 Å². The lowest BCUT2D eigenvalue weighted by Gasteiger charge is -2.17. The summed E-state index contributed by atoms with van der Waals surface area (Å²) in [6.07, 6.45) is 2.79. The Morgan fingerprint density at radius 2 is 2.26 bits per heavy atom. The maximum absolute atomic E-state index is 3.92. The van der Waals surface area contributed by atoms with Gasteiger partial charge in [-0.15, -0.1) is 5.10 Å². The van der Waals surface area contributed by atoms with E-state index in [0.29, 0.717) is 6.04 Å². The number of likely N-dealkylation sites (tertiary alicyclic amines) is 1. The molecule has 2 aromatic rings. The number of likely N-dealkylation sites (N-methyl/N-ethyl adjacent to an activating group) is 1. The molecule has 0 radical (unpaired) electrons. The monoisotopic (exact) mass is 258 g/mol. The highest BCUT2D eigenvalue weighted by Crippen LogP contribution is 2.21. The number of aryl methyl sites for hydroxylation is 1. The average Bonchev–Trinajstić information content (AvgIpc) is 3.04. The zero-order valence-electron chi connectivity index (χ0n) is 11.2. The fourth-order valence-corrected chi connectivity index (χ4v) is 2.46. The van der Waals surface area contributed by atoms with Gasteiger partial charge in [0.05, 0.1) is 5.69 Å². The summed E-state index contributed by atoms with van der Waals surface area (Å²) in [7, 11) is 2.16. The molecule has 1 atom stereocenters. The molecule has 0 amide bonds. The molecular formula is C13H18N6. The second-order valence-corrected chi connectivity index (χ2v) is 5.15. The Balaban J connectivity index is 1.82. The quantitative estimate of drug-likeness (QED) is 0.893. The van der Waals surface area contributed by atoms with Gasteiger partial charge in [-0.2, -0.15) is 0 Å². The van der Waals surface area contributed by atoms with E-state index in [0.717, 1.165) is 24.5 Å². The van der Waals surface area contributed by atoms with E-state index < -0.39 is 0 Å². The van der Waals surface area contributed by atoms with Gasteiger partial charge in [-0.3, -0.25) is 0 Å². The molecular weight excluding hydrogens is 240 g/mol. The van der Waals surface area contributed by atoms with Gasteiger partial charge in [0.2, 0.25) is 0 Å². The molecule has 1 aliphatic heterocycles. The smallest absolute Gasteiger partial charge is 0.143 e. The lowest BCUT2D eigenvalue weighted by Crippen LogP contribution is -2.23. The minimum atomic E-state index is 0.521. The fraction of sp³-hybridized carbons (Fsp3) is 0.462. The Kier molecular flexibility index (Phi) is 3.16. The molecule has 19 heavy (non-hydrogen) atoms. The summed E-state index contributed by atoms with van der Waals surface area (Å²) in [5.41, 5.74) is 3.38. The first-order valence-electron chi connectivity index (χ1n) is 6.51. The number of anilines is 1. The van der Waals surface area contributed by atoms with Crippen LogP contribution >= 0.6 is 0 Å². The second kappa shape index (κ2) is 4.97. The molecule has 3 rings (SSSR count). The summed E-state index contributed by atoms with van der Waals surface area (Å²) in [6, 6.07) is 6.74. The van der Waals surface area contributed by atoms with Gasteiger partial charge in [0, 0.05) is 18.3 Å². The fourth-order valence-electron chi connectivity index (χ4n) is 2.46. The van der Waals surface area contributed by atoms with E-state index in [1.807, 2.05) is 6.07 Å². The normalized spacial score (nSPS) is 19.8. The van der Waals surface area contributed by atoms with E-state index in [1.54, 1.807) is 11.0 Å². The van der Waals surface area contributed by atoms with E-state index in [4.69, 9.17) is 0 Å². The minimum absolute atomic E-state index is 0.521. The van der Waals surface area contributed by atoms with Crippen LogP contribution in [-0.4, -0.2) is 51.3 Å². The molecule has 100 valence electrons. The molecule has 1 fully saturated rings. The Morgan fingerprint density at radius 3 is 2.95 bits per heavy atom. The standard InChI is InChI=1S/C13H18N6/c1-10-3-4-12(19-9-14-16-17-19)7-13(10)15-11-5-6-18(2)8-11/h3-4,7,9,11,15H,5-6,8H2,1-2H3. The minimum Gasteiger partial charge on any atom is -0.381 e. The molecule has 0 spiro atoms. The highest BCUT2D eigenvalue weighted by Gasteiger charge is 2.19. The average molecular weight is 258 g/mol. The molecule has 6 heteroatoms. The summed E-state index contributed by atoms with van der Waals surface area (Å²) >= 11 is 0. The first kappa shape index (κ1) is 12.1. The largest absolute Gasteiger partial charge is 0.381 e. The number of nitrogens with one attached hydrogen (secondary N) is 1. The van der Waals surface area contributed by atoms with Gasteiger partial charge in [-0.25, -0.2) is 4.68 Å². The van der Waals surface area contributed by atoms with Gasteiger partial charge in [-0.1, -0.05) is 6.07 Å². The highest BCUT2D eigenvalue weighted by atomic mass is 15.5. The van der Waals surface area contributed by atoms with Crippen LogP contribution in [-0.2, 0) is 0 Å². The lowest BCUT2D eigenvalue weighted by atomic mass is 10.1. The predicted molar refractivity (Wildman–Crippen MR) is 73.4 cm³/mol. The highest BCUT2D eigenvalue weighted by molar-refractivity contribution is 5.57. The van der Waals surface area contributed by atoms with Crippen molar-refractivity contribution in [1.29, 1.82) is 0 Å². The van der Waals surface area contributed by atoms with Gasteiger partial charge < -0.3 is 10.2 Å². The third-order valence-corrected chi connectivity index (χ3v) is 3.59. The molecule has 1 aliphatic rings. The summed E-state index contributed by atoms with van der Waals surface area (Å²) in [4.78, 5) is 2.35. The van der Waals surface area contributed by atoms with E-state index >= 15 is 0 Å². The maximum atomic E-state index is 3.92. The Labute approximate surface area is 112 Å². The van der Waals surface area contributed by atoms with Crippen LogP contribution in [0.1, 0.15) is 12.0 Å². The topological polar surface area (TPSA) is 58.9 Å². The molecule has 1 aromatic heterocycles. The van der Waals surface area contributed by atoms with Crippen LogP contribution in [0.15, 0.2) is 24.5 Å². The van der Waals surface area contributed by atoms with E-state index in [-0.39, 0.29) is 0 Å². The number of benzene rings is 1. The van der Waals surface area contributed by atoms with Crippen molar-refractivity contribution >= 4 is 5.69 Å². The number of hydrogen-bond acceptors (Lipinski definition) is 5. The Bertz CT molecular complexity index is 550. The van der Waals surface area contributed by atoms with Crippen LogP contribution in [0.4, 0.5) is 5.69 Å². The van der Waals surface area contributed by atoms with Crippen LogP contribution in [0.3, 0.4) is 0 Å². The van der Waals surface area contributed by atoms with Crippen molar-refractivity contribution in [2.75, 3.05) is 25.5 Å². The first-order valence-corrected chi connectivity index (χ1v) is 6.51. The van der Waals surface area contributed by atoms with Crippen molar-refractivity contribution < 1.29 is 0 Å². The number of hydrogen-bond donors (Lipinski definition) is 1. The van der Waals surface area contributed by atoms with Crippen molar-refractivity contribution in [2.45, 2.75) is 19.4 Å². The van der Waals surface area contributed by atoms with Crippen molar-refractivity contribution in [3.63, 3.8) is 0 Å². The summed E-state index contributed by atoms with van der Waals surface area (Å²) < 4.78 is 1.67. The van der Waals surface area contributed by atoms with Crippen LogP contribution in [0.5, 0.6) is 0 Å². The number of rotatable bonds is 3. The van der Waals surface area contributed by atoms with E-state index in [9.17, 15) is 0 Å². The molecule has 1 unspecified atom stereocenters. The molecule has 1 N–H and O–H groups in total. The number of tetrazole rings is 1. The summed E-state index contributed by atoms with van der Waals surface area (Å²) in [5, 5.41) is 14.9. The van der Waals surface area contributed by atoms with E-state index in [1.165, 1.54) is 12.0 Å². The van der Waals surface area contributed by atoms with Crippen LogP contribution < -0.4 is 5.32 Å². The molecule has 0 aliphatic carbocycles. The second-order valence-electron chi connectivity index (χ2n) is 5.15. The lowest BCUT2D eigenvalue weighted by molar-refractivity contribution is 0.414. The zero-order chi connectivity index (χ0) is 13.2. The van der Waals surface area contributed by atoms with Gasteiger partial charge >= 0.3 is 0 Å². The van der Waals surface area contributed by atoms with E-state index in [2.05, 4.69) is 51.8 Å². The third-order valence-electron chi connectivity index (χ3n) is 3.59. The molecule has 2 heterocycles. The Hall–Kier alpha value is -1.95. The van der Waals surface area contributed by atoms with Crippen molar-refractivity contribution in [1.82, 2.24) is 25.1 Å². The number of nitrogens with zero attached hydrogens (tertiary/aromatic N) is 5. The molecule has 6 nitrogen and oxygen atoms in total. The van der Waals surface area contributed by atoms with Crippen LogP contribution in [0.25, 0.3) is 5.69 Å². The SMILES string of the molecule is Cc1ccc(-n2cnnn2)cc1NC1CCN(C)C1.